The molecule has 0 N–H and O–H groups in total. The van der Waals surface area contributed by atoms with Gasteiger partial charge in [0, 0.05) is 33.3 Å². The lowest BCUT2D eigenvalue weighted by molar-refractivity contribution is 0.00578. The van der Waals surface area contributed by atoms with E-state index in [9.17, 15) is 0 Å². The lowest BCUT2D eigenvalue weighted by Crippen LogP contribution is -2.41. The molecule has 4 aromatic carbocycles. The summed E-state index contributed by atoms with van der Waals surface area (Å²) >= 11 is 0. The minimum atomic E-state index is -0.503. The maximum Gasteiger partial charge on any atom is 0.495 e. The van der Waals surface area contributed by atoms with Gasteiger partial charge in [0.05, 0.1) is 22.2 Å². The van der Waals surface area contributed by atoms with Crippen molar-refractivity contribution in [1.82, 2.24) is 4.57 Å². The average molecular weight is 459 g/mol. The molecular formula is C30H26BNO3. The van der Waals surface area contributed by atoms with Crippen molar-refractivity contribution >= 4 is 56.3 Å². The van der Waals surface area contributed by atoms with E-state index in [1.807, 2.05) is 18.2 Å². The molecule has 0 spiro atoms. The van der Waals surface area contributed by atoms with Gasteiger partial charge in [0.2, 0.25) is 0 Å². The van der Waals surface area contributed by atoms with Crippen LogP contribution in [0.1, 0.15) is 27.7 Å². The molecule has 0 atom stereocenters. The molecule has 0 aliphatic carbocycles. The van der Waals surface area contributed by atoms with E-state index in [0.717, 1.165) is 44.1 Å². The number of nitrogens with zero attached hydrogens (tertiary/aromatic N) is 1. The maximum atomic E-state index is 6.55. The van der Waals surface area contributed by atoms with E-state index < -0.39 is 18.3 Å². The second-order valence-corrected chi connectivity index (χ2v) is 10.5. The fraction of sp³-hybridized carbons (Fsp3) is 0.200. The summed E-state index contributed by atoms with van der Waals surface area (Å²) in [6.45, 7) is 8.37. The number of hydrogen-bond donors (Lipinski definition) is 0. The van der Waals surface area contributed by atoms with Crippen molar-refractivity contribution in [3.8, 4) is 5.69 Å². The van der Waals surface area contributed by atoms with Crippen molar-refractivity contribution in [2.24, 2.45) is 0 Å². The van der Waals surface area contributed by atoms with E-state index in [1.165, 1.54) is 10.8 Å². The molecule has 4 nitrogen and oxygen atoms in total. The molecule has 0 saturated carbocycles. The number of para-hydroxylation sites is 3. The Labute approximate surface area is 204 Å². The highest BCUT2D eigenvalue weighted by Crippen LogP contribution is 2.39. The summed E-state index contributed by atoms with van der Waals surface area (Å²) in [7, 11) is -0.503. The van der Waals surface area contributed by atoms with Crippen LogP contribution < -0.4 is 5.46 Å². The number of fused-ring (bicyclic) bond motifs is 6. The van der Waals surface area contributed by atoms with Crippen LogP contribution in [0.2, 0.25) is 0 Å². The summed E-state index contributed by atoms with van der Waals surface area (Å²) in [5.41, 5.74) is 5.14. The van der Waals surface area contributed by atoms with E-state index in [4.69, 9.17) is 13.7 Å². The summed E-state index contributed by atoms with van der Waals surface area (Å²) in [5, 5.41) is 4.57. The van der Waals surface area contributed by atoms with Crippen LogP contribution in [-0.4, -0.2) is 22.9 Å². The minimum absolute atomic E-state index is 0.438. The van der Waals surface area contributed by atoms with Crippen LogP contribution in [0.5, 0.6) is 0 Å². The van der Waals surface area contributed by atoms with E-state index in [-0.39, 0.29) is 0 Å². The van der Waals surface area contributed by atoms with Crippen molar-refractivity contribution in [3.63, 3.8) is 0 Å². The highest BCUT2D eigenvalue weighted by Gasteiger charge is 2.52. The number of rotatable bonds is 2. The first-order chi connectivity index (χ1) is 16.8. The molecule has 2 aromatic heterocycles. The zero-order valence-corrected chi connectivity index (χ0v) is 20.3. The largest absolute Gasteiger partial charge is 0.495 e. The Bertz CT molecular complexity index is 1710. The first kappa shape index (κ1) is 20.8. The zero-order valence-electron chi connectivity index (χ0n) is 20.3. The molecule has 6 aromatic rings. The van der Waals surface area contributed by atoms with Crippen LogP contribution in [0.3, 0.4) is 0 Å². The predicted octanol–water partition coefficient (Wildman–Crippen LogP) is 6.98. The van der Waals surface area contributed by atoms with Gasteiger partial charge in [0.15, 0.2) is 0 Å². The Morgan fingerprint density at radius 2 is 1.17 bits per heavy atom. The van der Waals surface area contributed by atoms with Crippen LogP contribution in [0, 0.1) is 0 Å². The second kappa shape index (κ2) is 7.00. The fourth-order valence-electron chi connectivity index (χ4n) is 5.36. The van der Waals surface area contributed by atoms with Crippen LogP contribution in [0.4, 0.5) is 0 Å². The number of benzene rings is 4. The lowest BCUT2D eigenvalue weighted by atomic mass is 9.76. The van der Waals surface area contributed by atoms with Crippen molar-refractivity contribution in [1.29, 1.82) is 0 Å². The molecule has 1 aliphatic rings. The predicted molar refractivity (Wildman–Crippen MR) is 144 cm³/mol. The molecule has 7 rings (SSSR count). The van der Waals surface area contributed by atoms with Crippen molar-refractivity contribution in [2.45, 2.75) is 38.9 Å². The summed E-state index contributed by atoms with van der Waals surface area (Å²) in [4.78, 5) is 0. The first-order valence-corrected chi connectivity index (χ1v) is 12.1. The lowest BCUT2D eigenvalue weighted by Gasteiger charge is -2.32. The van der Waals surface area contributed by atoms with Crippen molar-refractivity contribution < 1.29 is 13.7 Å². The third-order valence-corrected chi connectivity index (χ3v) is 7.84. The summed E-state index contributed by atoms with van der Waals surface area (Å²) in [5.74, 6) is 0. The zero-order chi connectivity index (χ0) is 23.9. The smallest absolute Gasteiger partial charge is 0.456 e. The summed E-state index contributed by atoms with van der Waals surface area (Å²) in [6.07, 6.45) is 0. The van der Waals surface area contributed by atoms with Gasteiger partial charge in [0.25, 0.3) is 0 Å². The summed E-state index contributed by atoms with van der Waals surface area (Å²) in [6, 6.07) is 29.6. The molecule has 0 amide bonds. The highest BCUT2D eigenvalue weighted by molar-refractivity contribution is 6.66. The topological polar surface area (TPSA) is 36.5 Å². The summed E-state index contributed by atoms with van der Waals surface area (Å²) < 4.78 is 21.8. The molecule has 0 unspecified atom stereocenters. The molecule has 0 radical (unpaired) electrons. The molecule has 5 heteroatoms. The number of hydrogen-bond acceptors (Lipinski definition) is 3. The molecule has 1 aliphatic heterocycles. The molecule has 172 valence electrons. The van der Waals surface area contributed by atoms with Gasteiger partial charge < -0.3 is 18.3 Å². The molecular weight excluding hydrogens is 433 g/mol. The highest BCUT2D eigenvalue weighted by atomic mass is 16.7. The fourth-order valence-corrected chi connectivity index (χ4v) is 5.36. The van der Waals surface area contributed by atoms with Gasteiger partial charge in [-0.15, -0.1) is 0 Å². The minimum Gasteiger partial charge on any atom is -0.456 e. The van der Waals surface area contributed by atoms with Crippen LogP contribution in [-0.2, 0) is 9.31 Å². The second-order valence-electron chi connectivity index (χ2n) is 10.5. The van der Waals surface area contributed by atoms with E-state index in [1.54, 1.807) is 0 Å². The molecule has 0 bridgehead atoms. The van der Waals surface area contributed by atoms with E-state index >= 15 is 0 Å². The average Bonchev–Trinajstić information content (AvgIpc) is 3.45. The van der Waals surface area contributed by atoms with E-state index in [0.29, 0.717) is 0 Å². The molecule has 3 heterocycles. The van der Waals surface area contributed by atoms with Crippen LogP contribution in [0.25, 0.3) is 49.4 Å². The van der Waals surface area contributed by atoms with Gasteiger partial charge in [0.1, 0.15) is 11.2 Å². The van der Waals surface area contributed by atoms with Gasteiger partial charge in [-0.05, 0) is 57.4 Å². The SMILES string of the molecule is CC1(C)OB(c2cc(-n3c4ccccc4c4ccccc43)cc3oc4ccccc4c23)OC1(C)C. The Morgan fingerprint density at radius 1 is 0.629 bits per heavy atom. The molecule has 1 fully saturated rings. The maximum absolute atomic E-state index is 6.55. The first-order valence-electron chi connectivity index (χ1n) is 12.1. The van der Waals surface area contributed by atoms with Gasteiger partial charge in [-0.3, -0.25) is 0 Å². The Hall–Kier alpha value is -3.54. The third-order valence-electron chi connectivity index (χ3n) is 7.84. The molecule has 35 heavy (non-hydrogen) atoms. The van der Waals surface area contributed by atoms with Gasteiger partial charge in [-0.2, -0.15) is 0 Å². The monoisotopic (exact) mass is 459 g/mol. The Kier molecular flexibility index (Phi) is 4.16. The van der Waals surface area contributed by atoms with Crippen molar-refractivity contribution in [3.05, 3.63) is 84.9 Å². The number of furan rings is 1. The van der Waals surface area contributed by atoms with Crippen LogP contribution in [0.15, 0.2) is 89.3 Å². The van der Waals surface area contributed by atoms with Crippen LogP contribution >= 0.6 is 0 Å². The number of aromatic nitrogens is 1. The van der Waals surface area contributed by atoms with Gasteiger partial charge in [-0.1, -0.05) is 54.6 Å². The third kappa shape index (κ3) is 2.89. The Balaban J connectivity index is 1.57. The van der Waals surface area contributed by atoms with Crippen molar-refractivity contribution in [2.75, 3.05) is 0 Å². The molecule has 1 saturated heterocycles. The standard InChI is InChI=1S/C30H26BNO3/c1-29(2)30(3,4)35-31(34-29)23-17-19(18-27-28(23)22-13-7-10-16-26(22)33-27)32-24-14-8-5-11-20(24)21-12-6-9-15-25(21)32/h5-18H,1-4H3. The quantitative estimate of drug-likeness (QED) is 0.262. The Morgan fingerprint density at radius 3 is 1.80 bits per heavy atom. The normalized spacial score (nSPS) is 17.3. The van der Waals surface area contributed by atoms with Gasteiger partial charge >= 0.3 is 7.12 Å². The van der Waals surface area contributed by atoms with E-state index in [2.05, 4.69) is 99.0 Å². The van der Waals surface area contributed by atoms with Gasteiger partial charge in [-0.25, -0.2) is 0 Å².